The molecule has 4 nitrogen and oxygen atoms in total. The summed E-state index contributed by atoms with van der Waals surface area (Å²) < 4.78 is 45.3. The second-order valence-corrected chi connectivity index (χ2v) is 3.77. The van der Waals surface area contributed by atoms with Crippen LogP contribution in [0.2, 0.25) is 0 Å². The molecule has 0 heterocycles. The Hall–Kier alpha value is -1.61. The van der Waals surface area contributed by atoms with Crippen LogP contribution in [0.25, 0.3) is 0 Å². The van der Waals surface area contributed by atoms with E-state index in [0.717, 1.165) is 24.3 Å². The van der Waals surface area contributed by atoms with Crippen LogP contribution in [-0.4, -0.2) is 17.5 Å². The maximum atomic E-state index is 12.1. The lowest BCUT2D eigenvalue weighted by Gasteiger charge is -2.07. The van der Waals surface area contributed by atoms with Gasteiger partial charge in [0, 0.05) is 0 Å². The molecule has 0 saturated heterocycles. The van der Waals surface area contributed by atoms with E-state index in [1.165, 1.54) is 7.11 Å². The van der Waals surface area contributed by atoms with Gasteiger partial charge in [0.25, 0.3) is 10.3 Å². The van der Waals surface area contributed by atoms with Gasteiger partial charge in [-0.05, 0) is 48.7 Å². The maximum Gasteiger partial charge on any atom is 0.416 e. The monoisotopic (exact) mass is 312 g/mol. The molecule has 0 aliphatic heterocycles. The van der Waals surface area contributed by atoms with E-state index >= 15 is 0 Å². The number of halogens is 3. The average molecular weight is 312 g/mol. The van der Waals surface area contributed by atoms with Gasteiger partial charge in [0.1, 0.15) is 5.75 Å². The minimum atomic E-state index is -4.35. The number of hydrogen-bond donors (Lipinski definition) is 2. The van der Waals surface area contributed by atoms with Gasteiger partial charge < -0.3 is 20.9 Å². The molecule has 0 amide bonds. The first-order valence-corrected chi connectivity index (χ1v) is 5.46. The molecule has 106 valence electrons. The Morgan fingerprint density at radius 2 is 1.47 bits per heavy atom. The summed E-state index contributed by atoms with van der Waals surface area (Å²) in [5.41, 5.74) is 9.09. The van der Waals surface area contributed by atoms with E-state index in [-0.39, 0.29) is 16.1 Å². The first kappa shape index (κ1) is 17.4. The van der Waals surface area contributed by atoms with Crippen LogP contribution < -0.4 is 16.2 Å². The van der Waals surface area contributed by atoms with Gasteiger partial charge in [-0.2, -0.15) is 13.2 Å². The summed E-state index contributed by atoms with van der Waals surface area (Å²) in [4.78, 5) is 0. The third kappa shape index (κ3) is 8.16. The normalized spacial score (nSPS) is 9.89. The summed E-state index contributed by atoms with van der Waals surface area (Å²) >= 11 is 8.67. The quantitative estimate of drug-likeness (QED) is 0.775. The standard InChI is InChI=1S/C8H6F3NOS.C2H5NOS/c9-8(10,11)5-1-3-6(4-2-5)13-7(12)14;1-4-2(3)5/h1-4H,(H2,12,14);1H3,(H2,3,5). The van der Waals surface area contributed by atoms with E-state index in [1.807, 2.05) is 0 Å². The van der Waals surface area contributed by atoms with E-state index in [9.17, 15) is 13.2 Å². The molecule has 0 fully saturated rings. The molecule has 0 aliphatic carbocycles. The highest BCUT2D eigenvalue weighted by atomic mass is 32.1. The molecular formula is C10H11F3N2O2S2. The number of hydrogen-bond acceptors (Lipinski definition) is 4. The largest absolute Gasteiger partial charge is 0.475 e. The molecule has 0 saturated carbocycles. The molecule has 0 aromatic heterocycles. The van der Waals surface area contributed by atoms with Gasteiger partial charge >= 0.3 is 6.18 Å². The van der Waals surface area contributed by atoms with Crippen molar-refractivity contribution in [3.05, 3.63) is 29.8 Å². The molecule has 0 spiro atoms. The molecule has 1 aromatic rings. The molecule has 19 heavy (non-hydrogen) atoms. The van der Waals surface area contributed by atoms with Crippen molar-refractivity contribution in [1.82, 2.24) is 0 Å². The minimum Gasteiger partial charge on any atom is -0.475 e. The molecule has 1 aromatic carbocycles. The van der Waals surface area contributed by atoms with Crippen molar-refractivity contribution in [3.8, 4) is 5.75 Å². The number of benzene rings is 1. The number of alkyl halides is 3. The van der Waals surface area contributed by atoms with Crippen LogP contribution in [-0.2, 0) is 10.9 Å². The van der Waals surface area contributed by atoms with Crippen LogP contribution in [0.5, 0.6) is 5.75 Å². The van der Waals surface area contributed by atoms with E-state index in [4.69, 9.17) is 16.2 Å². The lowest BCUT2D eigenvalue weighted by molar-refractivity contribution is -0.137. The summed E-state index contributed by atoms with van der Waals surface area (Å²) in [6, 6.07) is 4.10. The second-order valence-electron chi connectivity index (χ2n) is 2.97. The van der Waals surface area contributed by atoms with Gasteiger partial charge in [-0.15, -0.1) is 0 Å². The first-order valence-electron chi connectivity index (χ1n) is 4.64. The zero-order valence-electron chi connectivity index (χ0n) is 9.73. The Morgan fingerprint density at radius 3 is 1.74 bits per heavy atom. The smallest absolute Gasteiger partial charge is 0.416 e. The van der Waals surface area contributed by atoms with Crippen molar-refractivity contribution in [3.63, 3.8) is 0 Å². The van der Waals surface area contributed by atoms with Crippen LogP contribution in [0, 0.1) is 0 Å². The van der Waals surface area contributed by atoms with Crippen LogP contribution in [0.1, 0.15) is 5.56 Å². The molecule has 1 rings (SSSR count). The highest BCUT2D eigenvalue weighted by Gasteiger charge is 2.29. The minimum absolute atomic E-state index is 0.0880. The van der Waals surface area contributed by atoms with Crippen LogP contribution in [0.4, 0.5) is 13.2 Å². The molecule has 0 bridgehead atoms. The highest BCUT2D eigenvalue weighted by molar-refractivity contribution is 7.80. The van der Waals surface area contributed by atoms with E-state index in [0.29, 0.717) is 0 Å². The van der Waals surface area contributed by atoms with Gasteiger partial charge in [-0.25, -0.2) is 0 Å². The van der Waals surface area contributed by atoms with Gasteiger partial charge in [-0.3, -0.25) is 0 Å². The zero-order valence-corrected chi connectivity index (χ0v) is 11.4. The van der Waals surface area contributed by atoms with Crippen molar-refractivity contribution >= 4 is 34.8 Å². The number of ether oxygens (including phenoxy) is 2. The SMILES string of the molecule is COC(N)=S.NC(=S)Oc1ccc(C(F)(F)F)cc1. The van der Waals surface area contributed by atoms with Gasteiger partial charge in [-0.1, -0.05) is 0 Å². The van der Waals surface area contributed by atoms with Crippen molar-refractivity contribution in [2.75, 3.05) is 7.11 Å². The third-order valence-electron chi connectivity index (χ3n) is 1.60. The lowest BCUT2D eigenvalue weighted by atomic mass is 10.2. The third-order valence-corrected chi connectivity index (χ3v) is 1.85. The molecule has 0 unspecified atom stereocenters. The Labute approximate surface area is 118 Å². The summed E-state index contributed by atoms with van der Waals surface area (Å²) in [6.07, 6.45) is -4.35. The fourth-order valence-electron chi connectivity index (χ4n) is 0.828. The number of rotatable bonds is 1. The highest BCUT2D eigenvalue weighted by Crippen LogP contribution is 2.30. The fraction of sp³-hybridized carbons (Fsp3) is 0.200. The fourth-order valence-corrected chi connectivity index (χ4v) is 0.924. The summed E-state index contributed by atoms with van der Waals surface area (Å²) in [7, 11) is 1.43. The number of nitrogens with two attached hydrogens (primary N) is 2. The summed E-state index contributed by atoms with van der Waals surface area (Å²) in [6.45, 7) is 0. The average Bonchev–Trinajstić information content (AvgIpc) is 2.28. The number of methoxy groups -OCH3 is 1. The van der Waals surface area contributed by atoms with E-state index in [1.54, 1.807) is 0 Å². The second kappa shape index (κ2) is 7.74. The molecule has 4 N–H and O–H groups in total. The van der Waals surface area contributed by atoms with Crippen molar-refractivity contribution in [2.45, 2.75) is 6.18 Å². The maximum absolute atomic E-state index is 12.1. The summed E-state index contributed by atoms with van der Waals surface area (Å²) in [5, 5.41) is -0.144. The molecular weight excluding hydrogens is 301 g/mol. The van der Waals surface area contributed by atoms with Gasteiger partial charge in [0.2, 0.25) is 0 Å². The summed E-state index contributed by atoms with van der Waals surface area (Å²) in [5.74, 6) is 0.186. The van der Waals surface area contributed by atoms with Crippen molar-refractivity contribution < 1.29 is 22.6 Å². The Bertz CT molecular complexity index is 435. The predicted octanol–water partition coefficient (Wildman–Crippen LogP) is 2.20. The van der Waals surface area contributed by atoms with Crippen molar-refractivity contribution in [2.24, 2.45) is 11.5 Å². The van der Waals surface area contributed by atoms with Gasteiger partial charge in [0.05, 0.1) is 12.7 Å². The Morgan fingerprint density at radius 1 is 1.05 bits per heavy atom. The molecule has 9 heteroatoms. The topological polar surface area (TPSA) is 70.5 Å². The van der Waals surface area contributed by atoms with Gasteiger partial charge in [0.15, 0.2) is 0 Å². The number of thiocarbonyl (C=S) groups is 2. The van der Waals surface area contributed by atoms with E-state index < -0.39 is 11.7 Å². The zero-order chi connectivity index (χ0) is 15.1. The predicted molar refractivity (Wildman–Crippen MR) is 72.7 cm³/mol. The molecule has 0 atom stereocenters. The van der Waals surface area contributed by atoms with Crippen LogP contribution in [0.15, 0.2) is 24.3 Å². The van der Waals surface area contributed by atoms with Crippen LogP contribution >= 0.6 is 24.4 Å². The first-order chi connectivity index (χ1) is 8.66. The van der Waals surface area contributed by atoms with E-state index in [2.05, 4.69) is 29.2 Å². The Balaban J connectivity index is 0.000000555. The van der Waals surface area contributed by atoms with Crippen LogP contribution in [0.3, 0.4) is 0 Å². The van der Waals surface area contributed by atoms with Crippen molar-refractivity contribution in [1.29, 1.82) is 0 Å². The Kier molecular flexibility index (Phi) is 7.09. The molecule has 0 aliphatic rings. The molecule has 0 radical (unpaired) electrons. The lowest BCUT2D eigenvalue weighted by Crippen LogP contribution is -2.15.